The zero-order valence-electron chi connectivity index (χ0n) is 18.5. The number of likely N-dealkylation sites (tertiary alicyclic amines) is 1. The van der Waals surface area contributed by atoms with Gasteiger partial charge in [0.1, 0.15) is 11.5 Å². The van der Waals surface area contributed by atoms with Crippen molar-refractivity contribution in [1.29, 1.82) is 0 Å². The number of fused-ring (bicyclic) bond motifs is 2. The Morgan fingerprint density at radius 2 is 2.16 bits per heavy atom. The molecular weight excluding hydrogens is 408 g/mol. The summed E-state index contributed by atoms with van der Waals surface area (Å²) in [5, 5.41) is 3.13. The van der Waals surface area contributed by atoms with Crippen molar-refractivity contribution in [2.45, 2.75) is 64.0 Å². The lowest BCUT2D eigenvalue weighted by molar-refractivity contribution is -0.0995. The van der Waals surface area contributed by atoms with Gasteiger partial charge in [0.05, 0.1) is 12.2 Å². The third-order valence-electron chi connectivity index (χ3n) is 7.17. The highest BCUT2D eigenvalue weighted by Crippen LogP contribution is 2.45. The van der Waals surface area contributed by atoms with Gasteiger partial charge >= 0.3 is 0 Å². The molecule has 1 aliphatic carbocycles. The molecule has 0 radical (unpaired) electrons. The number of nitrogens with zero attached hydrogens (tertiary/aromatic N) is 3. The highest BCUT2D eigenvalue weighted by atomic mass is 32.1. The fourth-order valence-electron chi connectivity index (χ4n) is 5.37. The van der Waals surface area contributed by atoms with Gasteiger partial charge in [-0.25, -0.2) is 9.97 Å². The normalized spacial score (nSPS) is 25.1. The summed E-state index contributed by atoms with van der Waals surface area (Å²) in [5.41, 5.74) is 1.91. The second kappa shape index (κ2) is 8.60. The molecule has 31 heavy (non-hydrogen) atoms. The number of thiophene rings is 1. The van der Waals surface area contributed by atoms with E-state index in [1.165, 1.54) is 10.4 Å². The van der Waals surface area contributed by atoms with E-state index in [0.717, 1.165) is 64.8 Å². The highest BCUT2D eigenvalue weighted by molar-refractivity contribution is 7.12. The molecule has 4 heterocycles. The van der Waals surface area contributed by atoms with Gasteiger partial charge in [-0.05, 0) is 62.6 Å². The molecule has 2 aromatic rings. The molecule has 1 saturated carbocycles. The molecule has 2 fully saturated rings. The molecule has 1 amide bonds. The molecule has 5 rings (SSSR count). The number of aryl methyl sites for hydroxylation is 2. The molecule has 7 heteroatoms. The lowest BCUT2D eigenvalue weighted by Crippen LogP contribution is -2.51. The average molecular weight is 441 g/mol. The quantitative estimate of drug-likeness (QED) is 0.771. The Bertz CT molecular complexity index is 945. The van der Waals surface area contributed by atoms with Crippen molar-refractivity contribution >= 4 is 17.2 Å². The number of carbonyl (C=O) groups excluding carboxylic acids is 1. The summed E-state index contributed by atoms with van der Waals surface area (Å²) in [4.78, 5) is 26.3. The number of carbonyl (C=O) groups is 1. The molecule has 0 aromatic carbocycles. The summed E-state index contributed by atoms with van der Waals surface area (Å²) < 4.78 is 6.42. The van der Waals surface area contributed by atoms with Gasteiger partial charge in [-0.3, -0.25) is 4.79 Å². The summed E-state index contributed by atoms with van der Waals surface area (Å²) in [6.45, 7) is 8.25. The largest absolute Gasteiger partial charge is 0.370 e. The first-order valence-corrected chi connectivity index (χ1v) is 12.4. The third kappa shape index (κ3) is 4.28. The van der Waals surface area contributed by atoms with Crippen LogP contribution in [0.5, 0.6) is 0 Å². The Morgan fingerprint density at radius 1 is 1.35 bits per heavy atom. The molecule has 2 aliphatic heterocycles. The lowest BCUT2D eigenvalue weighted by Gasteiger charge is -2.46. The standard InChI is InChI=1S/C24H32N4O2S/c1-3-19-14-20-22(31-19)5-11-30-24(20)6-9-28(10-7-24)15-17-12-18(13-17)27-23(29)21-4-8-25-16(2)26-21/h4,8,14,17-18H,3,5-7,9-13,15H2,1-2H3,(H,27,29). The molecule has 0 unspecified atom stereocenters. The minimum atomic E-state index is -0.0821. The van der Waals surface area contributed by atoms with Crippen LogP contribution in [0.2, 0.25) is 0 Å². The number of hydrogen-bond donors (Lipinski definition) is 1. The van der Waals surface area contributed by atoms with E-state index < -0.39 is 0 Å². The number of aromatic nitrogens is 2. The van der Waals surface area contributed by atoms with Crippen molar-refractivity contribution < 1.29 is 9.53 Å². The van der Waals surface area contributed by atoms with Crippen molar-refractivity contribution in [3.8, 4) is 0 Å². The summed E-state index contributed by atoms with van der Waals surface area (Å²) in [6.07, 6.45) is 8.15. The van der Waals surface area contributed by atoms with Gasteiger partial charge in [0, 0.05) is 48.0 Å². The molecule has 2 aromatic heterocycles. The average Bonchev–Trinajstić information content (AvgIpc) is 3.19. The number of ether oxygens (including phenoxy) is 1. The molecule has 0 atom stereocenters. The topological polar surface area (TPSA) is 67.3 Å². The van der Waals surface area contributed by atoms with Crippen molar-refractivity contribution in [1.82, 2.24) is 20.2 Å². The summed E-state index contributed by atoms with van der Waals surface area (Å²) in [5.74, 6) is 1.22. The smallest absolute Gasteiger partial charge is 0.270 e. The predicted octanol–water partition coefficient (Wildman–Crippen LogP) is 3.48. The zero-order chi connectivity index (χ0) is 21.4. The first kappa shape index (κ1) is 21.0. The molecule has 1 saturated heterocycles. The number of rotatable bonds is 5. The summed E-state index contributed by atoms with van der Waals surface area (Å²) >= 11 is 2.00. The van der Waals surface area contributed by atoms with Crippen LogP contribution in [-0.4, -0.2) is 53.1 Å². The number of nitrogens with one attached hydrogen (secondary N) is 1. The van der Waals surface area contributed by atoms with Gasteiger partial charge < -0.3 is 15.0 Å². The SMILES string of the molecule is CCc1cc2c(s1)CCOC21CCN(CC2CC(NC(=O)c3ccnc(C)n3)C2)CC1. The molecule has 6 nitrogen and oxygen atoms in total. The van der Waals surface area contributed by atoms with Crippen LogP contribution in [-0.2, 0) is 23.2 Å². The van der Waals surface area contributed by atoms with E-state index in [0.29, 0.717) is 17.4 Å². The number of amides is 1. The van der Waals surface area contributed by atoms with Gasteiger partial charge in [-0.15, -0.1) is 11.3 Å². The van der Waals surface area contributed by atoms with Crippen molar-refractivity contribution in [3.63, 3.8) is 0 Å². The first-order valence-electron chi connectivity index (χ1n) is 11.6. The molecule has 0 bridgehead atoms. The Morgan fingerprint density at radius 3 is 2.90 bits per heavy atom. The van der Waals surface area contributed by atoms with E-state index in [2.05, 4.69) is 33.2 Å². The fraction of sp³-hybridized carbons (Fsp3) is 0.625. The van der Waals surface area contributed by atoms with Gasteiger partial charge in [0.15, 0.2) is 0 Å². The maximum atomic E-state index is 12.4. The molecular formula is C24H32N4O2S. The summed E-state index contributed by atoms with van der Waals surface area (Å²) in [7, 11) is 0. The van der Waals surface area contributed by atoms with E-state index in [1.807, 2.05) is 11.3 Å². The molecule has 166 valence electrons. The minimum Gasteiger partial charge on any atom is -0.370 e. The van der Waals surface area contributed by atoms with E-state index in [4.69, 9.17) is 4.74 Å². The maximum absolute atomic E-state index is 12.4. The number of piperidine rings is 1. The lowest BCUT2D eigenvalue weighted by atomic mass is 9.78. The van der Waals surface area contributed by atoms with Crippen LogP contribution < -0.4 is 5.32 Å². The zero-order valence-corrected chi connectivity index (χ0v) is 19.3. The second-order valence-electron chi connectivity index (χ2n) is 9.29. The van der Waals surface area contributed by atoms with E-state index in [1.54, 1.807) is 24.1 Å². The fourth-order valence-corrected chi connectivity index (χ4v) is 6.54. The highest BCUT2D eigenvalue weighted by Gasteiger charge is 2.42. The maximum Gasteiger partial charge on any atom is 0.270 e. The number of hydrogen-bond acceptors (Lipinski definition) is 6. The van der Waals surface area contributed by atoms with Crippen LogP contribution in [0.25, 0.3) is 0 Å². The minimum absolute atomic E-state index is 0.0419. The third-order valence-corrected chi connectivity index (χ3v) is 8.51. The summed E-state index contributed by atoms with van der Waals surface area (Å²) in [6, 6.07) is 4.37. The van der Waals surface area contributed by atoms with Crippen molar-refractivity contribution in [2.24, 2.45) is 5.92 Å². The van der Waals surface area contributed by atoms with Gasteiger partial charge in [0.25, 0.3) is 5.91 Å². The van der Waals surface area contributed by atoms with Crippen LogP contribution in [0.15, 0.2) is 18.3 Å². The van der Waals surface area contributed by atoms with Crippen LogP contribution in [0, 0.1) is 12.8 Å². The monoisotopic (exact) mass is 440 g/mol. The Kier molecular flexibility index (Phi) is 5.84. The van der Waals surface area contributed by atoms with E-state index >= 15 is 0 Å². The molecule has 1 spiro atoms. The predicted molar refractivity (Wildman–Crippen MR) is 121 cm³/mol. The van der Waals surface area contributed by atoms with Gasteiger partial charge in [-0.2, -0.15) is 0 Å². The van der Waals surface area contributed by atoms with Crippen molar-refractivity contribution in [3.05, 3.63) is 45.2 Å². The molecule has 3 aliphatic rings. The van der Waals surface area contributed by atoms with Gasteiger partial charge in [0.2, 0.25) is 0 Å². The second-order valence-corrected chi connectivity index (χ2v) is 10.5. The van der Waals surface area contributed by atoms with E-state index in [9.17, 15) is 4.79 Å². The van der Waals surface area contributed by atoms with E-state index in [-0.39, 0.29) is 17.6 Å². The molecule has 1 N–H and O–H groups in total. The first-order chi connectivity index (χ1) is 15.0. The van der Waals surface area contributed by atoms with Gasteiger partial charge in [-0.1, -0.05) is 6.92 Å². The van der Waals surface area contributed by atoms with Crippen LogP contribution in [0.1, 0.15) is 64.2 Å². The van der Waals surface area contributed by atoms with Crippen LogP contribution in [0.3, 0.4) is 0 Å². The Hall–Kier alpha value is -1.83. The Labute approximate surface area is 188 Å². The van der Waals surface area contributed by atoms with Crippen molar-refractivity contribution in [2.75, 3.05) is 26.2 Å². The Balaban J connectivity index is 1.10. The van der Waals surface area contributed by atoms with Crippen LogP contribution >= 0.6 is 11.3 Å². The van der Waals surface area contributed by atoms with Crippen LogP contribution in [0.4, 0.5) is 0 Å².